The van der Waals surface area contributed by atoms with Gasteiger partial charge in [-0.25, -0.2) is 0 Å². The van der Waals surface area contributed by atoms with E-state index in [0.29, 0.717) is 12.5 Å². The molecule has 1 unspecified atom stereocenters. The van der Waals surface area contributed by atoms with Crippen LogP contribution in [0.5, 0.6) is 0 Å². The molecule has 2 aliphatic heterocycles. The quantitative estimate of drug-likeness (QED) is 0.895. The lowest BCUT2D eigenvalue weighted by atomic mass is 10.1. The maximum atomic E-state index is 11.7. The number of nitrogens with one attached hydrogen (secondary N) is 1. The predicted molar refractivity (Wildman–Crippen MR) is 74.1 cm³/mol. The normalized spacial score (nSPS) is 23.3. The van der Waals surface area contributed by atoms with Gasteiger partial charge in [0.1, 0.15) is 0 Å². The predicted octanol–water partition coefficient (Wildman–Crippen LogP) is 1.69. The molecule has 0 radical (unpaired) electrons. The second-order valence-electron chi connectivity index (χ2n) is 5.26. The molecule has 0 aromatic heterocycles. The highest BCUT2D eigenvalue weighted by Gasteiger charge is 2.21. The van der Waals surface area contributed by atoms with Crippen molar-refractivity contribution in [3.63, 3.8) is 0 Å². The van der Waals surface area contributed by atoms with Crippen molar-refractivity contribution in [2.24, 2.45) is 0 Å². The summed E-state index contributed by atoms with van der Waals surface area (Å²) in [7, 11) is 0. The van der Waals surface area contributed by atoms with Gasteiger partial charge in [-0.15, -0.1) is 0 Å². The molecular formula is C15H20N2O2. The molecule has 19 heavy (non-hydrogen) atoms. The molecule has 2 saturated heterocycles. The lowest BCUT2D eigenvalue weighted by Gasteiger charge is -2.16. The molecule has 0 saturated carbocycles. The van der Waals surface area contributed by atoms with Gasteiger partial charge in [-0.05, 0) is 30.5 Å². The van der Waals surface area contributed by atoms with Gasteiger partial charge in [-0.3, -0.25) is 4.79 Å². The first-order valence-corrected chi connectivity index (χ1v) is 7.03. The Balaban J connectivity index is 1.57. The Morgan fingerprint density at radius 2 is 2.16 bits per heavy atom. The first-order chi connectivity index (χ1) is 9.33. The van der Waals surface area contributed by atoms with Crippen LogP contribution in [0.2, 0.25) is 0 Å². The molecular weight excluding hydrogens is 240 g/mol. The fraction of sp³-hybridized carbons (Fsp3) is 0.533. The first kappa shape index (κ1) is 12.6. The van der Waals surface area contributed by atoms with E-state index < -0.39 is 0 Å². The van der Waals surface area contributed by atoms with E-state index in [2.05, 4.69) is 17.4 Å². The van der Waals surface area contributed by atoms with E-state index in [-0.39, 0.29) is 5.91 Å². The fourth-order valence-electron chi connectivity index (χ4n) is 2.67. The highest BCUT2D eigenvalue weighted by Crippen LogP contribution is 2.21. The summed E-state index contributed by atoms with van der Waals surface area (Å²) >= 11 is 0. The molecule has 2 fully saturated rings. The summed E-state index contributed by atoms with van der Waals surface area (Å²) in [5, 5.41) is 3.49. The minimum absolute atomic E-state index is 0.244. The molecule has 4 nitrogen and oxygen atoms in total. The number of benzene rings is 1. The minimum atomic E-state index is 0.244. The topological polar surface area (TPSA) is 41.6 Å². The van der Waals surface area contributed by atoms with E-state index in [9.17, 15) is 4.79 Å². The lowest BCUT2D eigenvalue weighted by molar-refractivity contribution is -0.117. The van der Waals surface area contributed by atoms with Crippen molar-refractivity contribution in [2.45, 2.75) is 31.8 Å². The lowest BCUT2D eigenvalue weighted by Crippen LogP contribution is -2.28. The van der Waals surface area contributed by atoms with E-state index in [1.165, 1.54) is 5.56 Å². The molecule has 0 aliphatic carbocycles. The third-order valence-corrected chi connectivity index (χ3v) is 3.85. The molecule has 2 heterocycles. The SMILES string of the molecule is O=C1CCCN1c1ccc(CNC2CCOC2)cc1. The smallest absolute Gasteiger partial charge is 0.227 e. The van der Waals surface area contributed by atoms with Gasteiger partial charge in [0.25, 0.3) is 0 Å². The van der Waals surface area contributed by atoms with Gasteiger partial charge in [0, 0.05) is 37.8 Å². The van der Waals surface area contributed by atoms with Crippen molar-refractivity contribution in [2.75, 3.05) is 24.7 Å². The highest BCUT2D eigenvalue weighted by atomic mass is 16.5. The van der Waals surface area contributed by atoms with Gasteiger partial charge in [-0.1, -0.05) is 12.1 Å². The Hall–Kier alpha value is -1.39. The molecule has 4 heteroatoms. The number of ether oxygens (including phenoxy) is 1. The Bertz CT molecular complexity index is 438. The molecule has 0 bridgehead atoms. The summed E-state index contributed by atoms with van der Waals surface area (Å²) in [6.07, 6.45) is 2.76. The summed E-state index contributed by atoms with van der Waals surface area (Å²) in [6, 6.07) is 8.78. The molecule has 2 aliphatic rings. The number of anilines is 1. The summed E-state index contributed by atoms with van der Waals surface area (Å²) in [5.74, 6) is 0.244. The van der Waals surface area contributed by atoms with E-state index in [1.807, 2.05) is 17.0 Å². The van der Waals surface area contributed by atoms with Gasteiger partial charge in [-0.2, -0.15) is 0 Å². The Morgan fingerprint density at radius 1 is 1.32 bits per heavy atom. The maximum Gasteiger partial charge on any atom is 0.227 e. The summed E-state index contributed by atoms with van der Waals surface area (Å²) in [5.41, 5.74) is 2.28. The van der Waals surface area contributed by atoms with Gasteiger partial charge in [0.15, 0.2) is 0 Å². The number of nitrogens with zero attached hydrogens (tertiary/aromatic N) is 1. The summed E-state index contributed by atoms with van der Waals surface area (Å²) in [6.45, 7) is 3.41. The van der Waals surface area contributed by atoms with E-state index >= 15 is 0 Å². The molecule has 102 valence electrons. The molecule has 3 rings (SSSR count). The maximum absolute atomic E-state index is 11.7. The van der Waals surface area contributed by atoms with Crippen LogP contribution in [0.15, 0.2) is 24.3 Å². The molecule has 1 aromatic rings. The standard InChI is InChI=1S/C15H20N2O2/c18-15-2-1-8-17(15)14-5-3-12(4-6-14)10-16-13-7-9-19-11-13/h3-6,13,16H,1-2,7-11H2. The minimum Gasteiger partial charge on any atom is -0.380 e. The largest absolute Gasteiger partial charge is 0.380 e. The van der Waals surface area contributed by atoms with Crippen LogP contribution in [0.25, 0.3) is 0 Å². The van der Waals surface area contributed by atoms with Crippen LogP contribution in [0, 0.1) is 0 Å². The number of amides is 1. The number of rotatable bonds is 4. The van der Waals surface area contributed by atoms with Gasteiger partial charge in [0.05, 0.1) is 6.61 Å². The molecule has 1 atom stereocenters. The van der Waals surface area contributed by atoms with Crippen molar-refractivity contribution < 1.29 is 9.53 Å². The van der Waals surface area contributed by atoms with Gasteiger partial charge in [0.2, 0.25) is 5.91 Å². The van der Waals surface area contributed by atoms with Crippen molar-refractivity contribution in [3.05, 3.63) is 29.8 Å². The van der Waals surface area contributed by atoms with Crippen LogP contribution < -0.4 is 10.2 Å². The molecule has 1 N–H and O–H groups in total. The van der Waals surface area contributed by atoms with E-state index in [1.54, 1.807) is 0 Å². The highest BCUT2D eigenvalue weighted by molar-refractivity contribution is 5.95. The zero-order valence-corrected chi connectivity index (χ0v) is 11.1. The molecule has 0 spiro atoms. The fourth-order valence-corrected chi connectivity index (χ4v) is 2.67. The summed E-state index contributed by atoms with van der Waals surface area (Å²) < 4.78 is 5.34. The van der Waals surface area contributed by atoms with Crippen LogP contribution >= 0.6 is 0 Å². The number of hydrogen-bond donors (Lipinski definition) is 1. The molecule has 1 amide bonds. The second kappa shape index (κ2) is 5.72. The van der Waals surface area contributed by atoms with Crippen molar-refractivity contribution in [1.82, 2.24) is 5.32 Å². The zero-order valence-electron chi connectivity index (χ0n) is 11.1. The van der Waals surface area contributed by atoms with Crippen LogP contribution in [0.4, 0.5) is 5.69 Å². The number of hydrogen-bond acceptors (Lipinski definition) is 3. The third kappa shape index (κ3) is 2.96. The van der Waals surface area contributed by atoms with Crippen LogP contribution in [-0.4, -0.2) is 31.7 Å². The monoisotopic (exact) mass is 260 g/mol. The van der Waals surface area contributed by atoms with Crippen molar-refractivity contribution in [3.8, 4) is 0 Å². The first-order valence-electron chi connectivity index (χ1n) is 7.03. The second-order valence-corrected chi connectivity index (χ2v) is 5.26. The molecule has 1 aromatic carbocycles. The third-order valence-electron chi connectivity index (χ3n) is 3.85. The van der Waals surface area contributed by atoms with Crippen molar-refractivity contribution >= 4 is 11.6 Å². The van der Waals surface area contributed by atoms with Crippen molar-refractivity contribution in [1.29, 1.82) is 0 Å². The van der Waals surface area contributed by atoms with Gasteiger partial charge < -0.3 is 15.0 Å². The number of carbonyl (C=O) groups is 1. The average Bonchev–Trinajstić information content (AvgIpc) is 3.08. The van der Waals surface area contributed by atoms with Crippen LogP contribution in [0.1, 0.15) is 24.8 Å². The Kier molecular flexibility index (Phi) is 3.80. The zero-order chi connectivity index (χ0) is 13.1. The Labute approximate surface area is 113 Å². The van der Waals surface area contributed by atoms with Gasteiger partial charge >= 0.3 is 0 Å². The van der Waals surface area contributed by atoms with Crippen LogP contribution in [-0.2, 0) is 16.1 Å². The van der Waals surface area contributed by atoms with Crippen LogP contribution in [0.3, 0.4) is 0 Å². The number of carbonyl (C=O) groups excluding carboxylic acids is 1. The van der Waals surface area contributed by atoms with E-state index in [4.69, 9.17) is 4.74 Å². The average molecular weight is 260 g/mol. The van der Waals surface area contributed by atoms with E-state index in [0.717, 1.165) is 44.8 Å². The Morgan fingerprint density at radius 3 is 2.79 bits per heavy atom. The summed E-state index contributed by atoms with van der Waals surface area (Å²) in [4.78, 5) is 13.5.